The maximum atomic E-state index is 14.9. The molecule has 0 aliphatic carbocycles. The minimum Gasteiger partial charge on any atom is -0.480 e. The lowest BCUT2D eigenvalue weighted by Crippen LogP contribution is -2.41. The van der Waals surface area contributed by atoms with E-state index < -0.39 is 30.3 Å². The van der Waals surface area contributed by atoms with Crippen LogP contribution < -0.4 is 20.7 Å². The van der Waals surface area contributed by atoms with Gasteiger partial charge < -0.3 is 30.9 Å². The first kappa shape index (κ1) is 31.8. The number of aryl methyl sites for hydroxylation is 1. The molecule has 0 bridgehead atoms. The second kappa shape index (κ2) is 12.2. The van der Waals surface area contributed by atoms with Crippen LogP contribution in [0.5, 0.6) is 5.88 Å². The number of aromatic nitrogens is 4. The number of hydrogen-bond donors (Lipinski definition) is 4. The number of alkyl halides is 3. The van der Waals surface area contributed by atoms with Gasteiger partial charge in [0.2, 0.25) is 17.9 Å². The molecule has 2 atom stereocenters. The summed E-state index contributed by atoms with van der Waals surface area (Å²) < 4.78 is 51.8. The van der Waals surface area contributed by atoms with E-state index in [2.05, 4.69) is 20.4 Å². The minimum atomic E-state index is -4.91. The maximum Gasteiger partial charge on any atom is 0.429 e. The molecule has 6 rings (SSSR count). The van der Waals surface area contributed by atoms with Gasteiger partial charge in [-0.3, -0.25) is 4.79 Å². The molecule has 0 amide bonds. The summed E-state index contributed by atoms with van der Waals surface area (Å²) >= 11 is 0. The SMILES string of the molecule is Cc1ccn(-c2ccc(-c3ccc(C(=O)O)cc3)cc2[C@@H](Oc2cc(N3CCC4(CC3)CN[C@H](C(=O)O)C4)nc(N)n2)C(F)(F)F)n1. The maximum absolute atomic E-state index is 14.9. The van der Waals surface area contributed by atoms with E-state index >= 15 is 0 Å². The van der Waals surface area contributed by atoms with Gasteiger partial charge in [-0.1, -0.05) is 18.2 Å². The van der Waals surface area contributed by atoms with Gasteiger partial charge in [-0.15, -0.1) is 0 Å². The molecule has 47 heavy (non-hydrogen) atoms. The highest BCUT2D eigenvalue weighted by Gasteiger charge is 2.46. The van der Waals surface area contributed by atoms with Crippen molar-refractivity contribution in [3.63, 3.8) is 0 Å². The standard InChI is InChI=1S/C32H32F3N7O5/c1-18-8-11-42(40-18)24-7-6-21(19-2-4-20(5-3-19)28(43)44)14-22(24)27(32(33,34)35)47-26-15-25(38-30(36)39-26)41-12-9-31(10-13-41)16-23(29(45)46)37-17-31/h2-8,11,14-15,23,27,37H,9-10,12-13,16-17H2,1H3,(H,43,44)(H,45,46)(H2,36,38,39)/t23-,27+/m0/s1. The van der Waals surface area contributed by atoms with E-state index in [0.717, 1.165) is 0 Å². The number of anilines is 2. The molecule has 4 aromatic rings. The molecule has 5 N–H and O–H groups in total. The van der Waals surface area contributed by atoms with Crippen LogP contribution in [0.3, 0.4) is 0 Å². The molecule has 0 saturated carbocycles. The number of aromatic carboxylic acids is 1. The second-order valence-corrected chi connectivity index (χ2v) is 12.0. The molecule has 2 aliphatic rings. The van der Waals surface area contributed by atoms with Gasteiger partial charge in [-0.25, -0.2) is 9.48 Å². The van der Waals surface area contributed by atoms with Gasteiger partial charge in [-0.2, -0.15) is 28.2 Å². The number of piperidine rings is 1. The molecule has 2 fully saturated rings. The van der Waals surface area contributed by atoms with Crippen LogP contribution in [0, 0.1) is 12.3 Å². The Hall–Kier alpha value is -5.18. The fraction of sp³-hybridized carbons (Fsp3) is 0.344. The monoisotopic (exact) mass is 651 g/mol. The Labute approximate surface area is 267 Å². The Morgan fingerprint density at radius 2 is 1.74 bits per heavy atom. The Morgan fingerprint density at radius 3 is 2.34 bits per heavy atom. The highest BCUT2D eigenvalue weighted by atomic mass is 19.4. The molecule has 2 aliphatic heterocycles. The van der Waals surface area contributed by atoms with Crippen LogP contribution in [-0.2, 0) is 4.79 Å². The summed E-state index contributed by atoms with van der Waals surface area (Å²) in [4.78, 5) is 32.9. The molecule has 2 aromatic heterocycles. The van der Waals surface area contributed by atoms with Crippen molar-refractivity contribution in [2.75, 3.05) is 30.3 Å². The Kier molecular flexibility index (Phi) is 8.26. The molecule has 15 heteroatoms. The zero-order valence-corrected chi connectivity index (χ0v) is 25.2. The summed E-state index contributed by atoms with van der Waals surface area (Å²) in [6.45, 7) is 3.29. The predicted octanol–water partition coefficient (Wildman–Crippen LogP) is 4.63. The second-order valence-electron chi connectivity index (χ2n) is 12.0. The molecule has 0 unspecified atom stereocenters. The van der Waals surface area contributed by atoms with Crippen LogP contribution in [0.15, 0.2) is 60.8 Å². The van der Waals surface area contributed by atoms with Crippen LogP contribution >= 0.6 is 0 Å². The van der Waals surface area contributed by atoms with Gasteiger partial charge in [0.05, 0.1) is 16.9 Å². The Balaban J connectivity index is 1.32. The predicted molar refractivity (Wildman–Crippen MR) is 164 cm³/mol. The minimum absolute atomic E-state index is 0.0412. The average Bonchev–Trinajstić information content (AvgIpc) is 3.66. The first-order valence-corrected chi connectivity index (χ1v) is 14.9. The average molecular weight is 652 g/mol. The molecule has 1 spiro atoms. The van der Waals surface area contributed by atoms with Crippen LogP contribution in [0.1, 0.15) is 47.0 Å². The molecule has 246 valence electrons. The number of carbonyl (C=O) groups is 2. The number of rotatable bonds is 8. The summed E-state index contributed by atoms with van der Waals surface area (Å²) in [7, 11) is 0. The highest BCUT2D eigenvalue weighted by Crippen LogP contribution is 2.43. The van der Waals surface area contributed by atoms with Crippen molar-refractivity contribution >= 4 is 23.7 Å². The lowest BCUT2D eigenvalue weighted by molar-refractivity contribution is -0.198. The summed E-state index contributed by atoms with van der Waals surface area (Å²) in [5.41, 5.74) is 7.21. The zero-order valence-electron chi connectivity index (χ0n) is 25.2. The van der Waals surface area contributed by atoms with Crippen molar-refractivity contribution in [1.82, 2.24) is 25.1 Å². The fourth-order valence-corrected chi connectivity index (χ4v) is 6.27. The van der Waals surface area contributed by atoms with Crippen molar-refractivity contribution in [2.45, 2.75) is 44.5 Å². The smallest absolute Gasteiger partial charge is 0.429 e. The third-order valence-corrected chi connectivity index (χ3v) is 8.79. The van der Waals surface area contributed by atoms with E-state index in [-0.39, 0.29) is 34.1 Å². The Morgan fingerprint density at radius 1 is 1.04 bits per heavy atom. The number of carboxylic acids is 2. The molecule has 2 saturated heterocycles. The lowest BCUT2D eigenvalue weighted by atomic mass is 9.76. The van der Waals surface area contributed by atoms with E-state index in [0.29, 0.717) is 61.5 Å². The van der Waals surface area contributed by atoms with Crippen molar-refractivity contribution in [3.05, 3.63) is 77.6 Å². The number of nitrogens with one attached hydrogen (secondary N) is 1. The highest BCUT2D eigenvalue weighted by molar-refractivity contribution is 5.88. The fourth-order valence-electron chi connectivity index (χ4n) is 6.27. The molecule has 2 aromatic carbocycles. The molecule has 0 radical (unpaired) electrons. The van der Waals surface area contributed by atoms with E-state index in [4.69, 9.17) is 10.5 Å². The number of carboxylic acid groups (broad SMARTS) is 2. The zero-order chi connectivity index (χ0) is 33.5. The summed E-state index contributed by atoms with van der Waals surface area (Å²) in [6.07, 6.45) is -4.01. The molecule has 4 heterocycles. The number of hydrogen-bond acceptors (Lipinski definition) is 9. The van der Waals surface area contributed by atoms with Crippen molar-refractivity contribution in [2.24, 2.45) is 5.41 Å². The van der Waals surface area contributed by atoms with Gasteiger partial charge in [0.25, 0.3) is 0 Å². The number of ether oxygens (including phenoxy) is 1. The van der Waals surface area contributed by atoms with Crippen molar-refractivity contribution < 1.29 is 37.7 Å². The molecular weight excluding hydrogens is 619 g/mol. The lowest BCUT2D eigenvalue weighted by Gasteiger charge is -2.39. The molecular formula is C32H32F3N7O5. The van der Waals surface area contributed by atoms with Crippen LogP contribution in [-0.4, -0.2) is 73.8 Å². The summed E-state index contributed by atoms with van der Waals surface area (Å²) in [5, 5.41) is 26.0. The van der Waals surface area contributed by atoms with Gasteiger partial charge in [-0.05, 0) is 73.1 Å². The first-order chi connectivity index (χ1) is 22.3. The number of nitrogen functional groups attached to an aromatic ring is 1. The quantitative estimate of drug-likeness (QED) is 0.210. The van der Waals surface area contributed by atoms with Crippen LogP contribution in [0.4, 0.5) is 24.9 Å². The van der Waals surface area contributed by atoms with E-state index in [1.807, 2.05) is 4.90 Å². The summed E-state index contributed by atoms with van der Waals surface area (Å²) in [5.74, 6) is -2.34. The number of aliphatic carboxylic acids is 1. The third kappa shape index (κ3) is 6.70. The normalized spacial score (nSPS) is 18.3. The van der Waals surface area contributed by atoms with Crippen LogP contribution in [0.2, 0.25) is 0 Å². The number of benzene rings is 2. The van der Waals surface area contributed by atoms with Gasteiger partial charge in [0, 0.05) is 37.5 Å². The van der Waals surface area contributed by atoms with E-state index in [9.17, 15) is 33.0 Å². The number of halogens is 3. The first-order valence-electron chi connectivity index (χ1n) is 14.9. The van der Waals surface area contributed by atoms with E-state index in [1.54, 1.807) is 25.3 Å². The number of nitrogens with zero attached hydrogens (tertiary/aromatic N) is 5. The van der Waals surface area contributed by atoms with Gasteiger partial charge in [0.15, 0.2) is 0 Å². The van der Waals surface area contributed by atoms with E-state index in [1.165, 1.54) is 47.1 Å². The largest absolute Gasteiger partial charge is 0.480 e. The third-order valence-electron chi connectivity index (χ3n) is 8.79. The topological polar surface area (TPSA) is 169 Å². The van der Waals surface area contributed by atoms with Gasteiger partial charge >= 0.3 is 18.1 Å². The Bertz CT molecular complexity index is 1800. The van der Waals surface area contributed by atoms with Crippen molar-refractivity contribution in [3.8, 4) is 22.7 Å². The number of nitrogens with two attached hydrogens (primary N) is 1. The van der Waals surface area contributed by atoms with Gasteiger partial charge in [0.1, 0.15) is 11.9 Å². The molecule has 12 nitrogen and oxygen atoms in total. The summed E-state index contributed by atoms with van der Waals surface area (Å²) in [6, 6.07) is 12.6. The van der Waals surface area contributed by atoms with Crippen LogP contribution in [0.25, 0.3) is 16.8 Å². The van der Waals surface area contributed by atoms with Crippen molar-refractivity contribution in [1.29, 1.82) is 0 Å².